The molecule has 0 bridgehead atoms. The summed E-state index contributed by atoms with van der Waals surface area (Å²) in [5, 5.41) is 233. The van der Waals surface area contributed by atoms with Gasteiger partial charge in [-0.1, -0.05) is 193 Å². The maximum atomic E-state index is 13.6. The van der Waals surface area contributed by atoms with Gasteiger partial charge in [0.1, 0.15) is 165 Å². The van der Waals surface area contributed by atoms with Crippen LogP contribution >= 0.6 is 0 Å². The van der Waals surface area contributed by atoms with E-state index in [1.54, 1.807) is 6.08 Å². The lowest BCUT2D eigenvalue weighted by Gasteiger charge is -2.51. The Morgan fingerprint density at radius 1 is 0.331 bits per heavy atom. The molecule has 7 aliphatic heterocycles. The summed E-state index contributed by atoms with van der Waals surface area (Å²) in [4.78, 5) is 40.0. The van der Waals surface area contributed by atoms with Gasteiger partial charge < -0.3 is 184 Å². The molecule has 14 unspecified atom stereocenters. The van der Waals surface area contributed by atoms with Crippen LogP contribution in [0.1, 0.15) is 227 Å². The lowest BCUT2D eigenvalue weighted by atomic mass is 9.93. The standard InChI is InChI=1S/C84H151N3O37/c1-6-8-10-12-14-16-18-20-21-22-23-25-27-29-31-33-35-37-56(97)87-48(49(96)36-34-32-30-28-26-24-19-17-15-13-11-9-7-2)44-111-80-69(108)67(106)72(55(43-93)118-80)119-82-70(109)75(63(102)53(41-91)115-82)122-78-57(85-46(4)94)73(61(100)51(39-89)113-78)120-83-71(110)76(64(103)54(42-92)116-83)123-79-58(86-47(5)95)74(62(101)52(40-90)114-79)121-84-77(66(105)60(99)50(38-88)117-84)124-81-68(107)65(104)59(98)45(3)112-81/h34,36,45,48-55,57-84,88-93,96,98-110H,6-33,35,37-44H2,1-5H3,(H,85,94)(H,86,95)(H,87,97)/b36-34+/t45?,48-,49+,50?,51?,52?,53?,54?,55?,57?,58?,59+,60-,61+,62+,63-,64-,65?,66-,67+,68-,69?,70?,71?,72+,73+,74+,75-,76-,77?,78-,79-,80+,81+,82-,83-,84-/m0/s1. The van der Waals surface area contributed by atoms with E-state index in [1.165, 1.54) is 129 Å². The van der Waals surface area contributed by atoms with Crippen molar-refractivity contribution in [1.82, 2.24) is 16.0 Å². The molecule has 124 heavy (non-hydrogen) atoms. The number of amides is 3. The first-order valence-corrected chi connectivity index (χ1v) is 45.3. The Morgan fingerprint density at radius 3 is 1.07 bits per heavy atom. The van der Waals surface area contributed by atoms with E-state index in [-0.39, 0.29) is 12.3 Å². The van der Waals surface area contributed by atoms with Gasteiger partial charge in [-0.25, -0.2) is 0 Å². The Kier molecular flexibility index (Phi) is 49.2. The van der Waals surface area contributed by atoms with Crippen LogP contribution in [0.5, 0.6) is 0 Å². The van der Waals surface area contributed by atoms with E-state index in [4.69, 9.17) is 66.3 Å². The average Bonchev–Trinajstić information content (AvgIpc) is 0.767. The Bertz CT molecular complexity index is 2950. The van der Waals surface area contributed by atoms with Gasteiger partial charge in [0.15, 0.2) is 44.0 Å². The molecule has 0 aliphatic carbocycles. The Labute approximate surface area is 726 Å². The predicted molar refractivity (Wildman–Crippen MR) is 434 cm³/mol. The summed E-state index contributed by atoms with van der Waals surface area (Å²) in [5.41, 5.74) is 0. The predicted octanol–water partition coefficient (Wildman–Crippen LogP) is -2.79. The quantitative estimate of drug-likeness (QED) is 0.0216. The van der Waals surface area contributed by atoms with E-state index < -0.39 is 285 Å². The zero-order valence-corrected chi connectivity index (χ0v) is 72.6. The van der Waals surface area contributed by atoms with Gasteiger partial charge in [0.2, 0.25) is 17.7 Å². The van der Waals surface area contributed by atoms with E-state index >= 15 is 0 Å². The minimum absolute atomic E-state index is 0.160. The first-order valence-electron chi connectivity index (χ1n) is 45.3. The molecule has 7 fully saturated rings. The fourth-order valence-corrected chi connectivity index (χ4v) is 16.9. The molecular formula is C84H151N3O37. The van der Waals surface area contributed by atoms with Gasteiger partial charge in [-0.3, -0.25) is 14.4 Å². The molecule has 0 radical (unpaired) electrons. The molecule has 7 rings (SSSR count). The van der Waals surface area contributed by atoms with Crippen LogP contribution in [0.2, 0.25) is 0 Å². The van der Waals surface area contributed by atoms with Crippen LogP contribution in [0.3, 0.4) is 0 Å². The van der Waals surface area contributed by atoms with Crippen molar-refractivity contribution in [1.29, 1.82) is 0 Å². The lowest BCUT2D eigenvalue weighted by molar-refractivity contribution is -0.391. The summed E-state index contributed by atoms with van der Waals surface area (Å²) in [5.74, 6) is -2.19. The molecule has 0 aromatic carbocycles. The monoisotopic (exact) mass is 1790 g/mol. The number of ether oxygens (including phenoxy) is 14. The third-order valence-electron chi connectivity index (χ3n) is 24.3. The smallest absolute Gasteiger partial charge is 0.220 e. The minimum Gasteiger partial charge on any atom is -0.394 e. The fraction of sp³-hybridized carbons (Fsp3) is 0.940. The second-order valence-electron chi connectivity index (χ2n) is 34.2. The highest BCUT2D eigenvalue weighted by molar-refractivity contribution is 5.76. The second kappa shape index (κ2) is 56.6. The van der Waals surface area contributed by atoms with E-state index in [9.17, 15) is 117 Å². The molecule has 40 nitrogen and oxygen atoms in total. The van der Waals surface area contributed by atoms with Crippen molar-refractivity contribution in [3.05, 3.63) is 12.2 Å². The van der Waals surface area contributed by atoms with Crippen LogP contribution in [0, 0.1) is 0 Å². The molecule has 0 saturated carbocycles. The summed E-state index contributed by atoms with van der Waals surface area (Å²) in [6.45, 7) is 0.951. The second-order valence-corrected chi connectivity index (χ2v) is 34.2. The first kappa shape index (κ1) is 108. The van der Waals surface area contributed by atoms with Crippen molar-refractivity contribution in [2.45, 2.75) is 454 Å². The Morgan fingerprint density at radius 2 is 0.653 bits per heavy atom. The fourth-order valence-electron chi connectivity index (χ4n) is 16.9. The van der Waals surface area contributed by atoms with Crippen LogP contribution in [0.25, 0.3) is 0 Å². The number of nitrogens with one attached hydrogen (secondary N) is 3. The maximum Gasteiger partial charge on any atom is 0.220 e. The van der Waals surface area contributed by atoms with Crippen LogP contribution in [0.4, 0.5) is 0 Å². The van der Waals surface area contributed by atoms with E-state index in [1.807, 2.05) is 6.08 Å². The number of rotatable bonds is 56. The summed E-state index contributed by atoms with van der Waals surface area (Å²) < 4.78 is 83.7. The molecule has 724 valence electrons. The van der Waals surface area contributed by atoms with Crippen molar-refractivity contribution >= 4 is 17.7 Å². The number of aliphatic hydroxyl groups is 20. The third kappa shape index (κ3) is 31.8. The SMILES string of the molecule is CCCCCCCCCCCCC/C=C/[C@@H](O)[C@H](CO[C@@H]1OC(CO)[C@@H](O[C@@H]2OC(CO)[C@H](O)[C@H](O[C@@H]3OC(CO)[C@@H](O)[C@H](O[C@@H]4OC(CO)[C@H](O)[C@H](O[C@@H]5OC(CO)[C@@H](O)[C@H](O[C@@H]6OC(CO)[C@H](O)[C@H](O)C6O[C@H]6OC(C)[C@@H](O)C(O)[C@@H]6O)C5NC(C)=O)C4O)C3NC(C)=O)C2O)[C@H](O)C1O)NC(=O)CCCCCCCCCCCCCCCCCCC. The molecule has 3 amide bonds. The van der Waals surface area contributed by atoms with Crippen molar-refractivity contribution in [3.8, 4) is 0 Å². The minimum atomic E-state index is -2.37. The number of hydrogen-bond acceptors (Lipinski definition) is 37. The first-order chi connectivity index (χ1) is 59.5. The van der Waals surface area contributed by atoms with Crippen molar-refractivity contribution in [3.63, 3.8) is 0 Å². The number of carbonyl (C=O) groups is 3. The molecule has 0 aromatic heterocycles. The molecule has 7 aliphatic rings. The largest absolute Gasteiger partial charge is 0.394 e. The van der Waals surface area contributed by atoms with Crippen molar-refractivity contribution < 1.29 is 183 Å². The highest BCUT2D eigenvalue weighted by Crippen LogP contribution is 2.39. The van der Waals surface area contributed by atoms with Gasteiger partial charge in [-0.15, -0.1) is 0 Å². The van der Waals surface area contributed by atoms with Gasteiger partial charge >= 0.3 is 0 Å². The van der Waals surface area contributed by atoms with E-state index in [0.29, 0.717) is 12.8 Å². The normalized spacial score (nSPS) is 38.5. The van der Waals surface area contributed by atoms with Crippen LogP contribution in [-0.4, -0.2) is 393 Å². The van der Waals surface area contributed by atoms with Gasteiger partial charge in [0.25, 0.3) is 0 Å². The van der Waals surface area contributed by atoms with Crippen molar-refractivity contribution in [2.24, 2.45) is 0 Å². The molecular weight excluding hydrogens is 1640 g/mol. The Balaban J connectivity index is 1.02. The summed E-state index contributed by atoms with van der Waals surface area (Å²) in [7, 11) is 0. The molecule has 0 spiro atoms. The molecule has 7 heterocycles. The number of hydrogen-bond donors (Lipinski definition) is 23. The van der Waals surface area contributed by atoms with E-state index in [0.717, 1.165) is 65.2 Å². The Hall–Kier alpha value is -3.21. The zero-order chi connectivity index (χ0) is 90.7. The lowest BCUT2D eigenvalue weighted by Crippen LogP contribution is -2.71. The molecule has 23 N–H and O–H groups in total. The van der Waals surface area contributed by atoms with Gasteiger partial charge in [-0.2, -0.15) is 0 Å². The number of unbranched alkanes of at least 4 members (excludes halogenated alkanes) is 27. The number of aliphatic hydroxyl groups excluding tert-OH is 20. The number of allylic oxidation sites excluding steroid dienone is 1. The van der Waals surface area contributed by atoms with Crippen LogP contribution in [0.15, 0.2) is 12.2 Å². The van der Waals surface area contributed by atoms with Gasteiger partial charge in [-0.05, 0) is 26.2 Å². The van der Waals surface area contributed by atoms with Gasteiger partial charge in [0.05, 0.1) is 64.5 Å². The van der Waals surface area contributed by atoms with Crippen LogP contribution < -0.4 is 16.0 Å². The molecule has 0 aromatic rings. The average molecular weight is 1800 g/mol. The maximum absolute atomic E-state index is 13.6. The topological polar surface area (TPSA) is 621 Å². The summed E-state index contributed by atoms with van der Waals surface area (Å²) in [6, 6.07) is -4.88. The van der Waals surface area contributed by atoms with Gasteiger partial charge in [0, 0.05) is 20.3 Å². The summed E-state index contributed by atoms with van der Waals surface area (Å²) in [6.07, 6.45) is -29.2. The summed E-state index contributed by atoms with van der Waals surface area (Å²) >= 11 is 0. The molecule has 40 heteroatoms. The molecule has 7 saturated heterocycles. The molecule has 37 atom stereocenters. The van der Waals surface area contributed by atoms with Crippen molar-refractivity contribution in [2.75, 3.05) is 46.2 Å². The van der Waals surface area contributed by atoms with E-state index in [2.05, 4.69) is 29.8 Å². The van der Waals surface area contributed by atoms with Crippen LogP contribution in [-0.2, 0) is 80.7 Å². The zero-order valence-electron chi connectivity index (χ0n) is 72.6. The number of carbonyl (C=O) groups excluding carboxylic acids is 3. The third-order valence-corrected chi connectivity index (χ3v) is 24.3. The highest BCUT2D eigenvalue weighted by atomic mass is 16.8. The highest BCUT2D eigenvalue weighted by Gasteiger charge is 2.60.